The topological polar surface area (TPSA) is 17.1 Å². The zero-order valence-corrected chi connectivity index (χ0v) is 13.6. The lowest BCUT2D eigenvalue weighted by Crippen LogP contribution is -1.77. The van der Waals surface area contributed by atoms with Crippen LogP contribution in [0.2, 0.25) is 0 Å². The van der Waals surface area contributed by atoms with Crippen molar-refractivity contribution in [1.82, 2.24) is 0 Å². The van der Waals surface area contributed by atoms with Crippen molar-refractivity contribution in [3.05, 3.63) is 94.0 Å². The van der Waals surface area contributed by atoms with Gasteiger partial charge in [-0.25, -0.2) is 0 Å². The second-order valence-electron chi connectivity index (χ2n) is 5.16. The van der Waals surface area contributed by atoms with E-state index in [1.54, 1.807) is 12.1 Å². The van der Waals surface area contributed by atoms with Gasteiger partial charge in [0.15, 0.2) is 0 Å². The number of rotatable bonds is 1. The van der Waals surface area contributed by atoms with E-state index in [1.807, 2.05) is 12.1 Å². The summed E-state index contributed by atoms with van der Waals surface area (Å²) in [7, 11) is 0. The molecule has 3 aromatic carbocycles. The first kappa shape index (κ1) is 14.7. The summed E-state index contributed by atoms with van der Waals surface area (Å²) in [6.07, 6.45) is 1.93. The number of fused-ring (bicyclic) bond motifs is 3. The van der Waals surface area contributed by atoms with E-state index in [1.165, 1.54) is 22.3 Å². The minimum Gasteiger partial charge on any atom is -0.298 e. The van der Waals surface area contributed by atoms with Crippen molar-refractivity contribution in [2.45, 2.75) is 6.42 Å². The molecule has 0 aromatic heterocycles. The molecule has 0 bridgehead atoms. The highest BCUT2D eigenvalue weighted by Gasteiger charge is 2.15. The van der Waals surface area contributed by atoms with Gasteiger partial charge in [-0.1, -0.05) is 76.6 Å². The highest BCUT2D eigenvalue weighted by atomic mass is 79.9. The van der Waals surface area contributed by atoms with Crippen molar-refractivity contribution in [2.24, 2.45) is 0 Å². The van der Waals surface area contributed by atoms with E-state index >= 15 is 0 Å². The van der Waals surface area contributed by atoms with Crippen molar-refractivity contribution in [3.63, 3.8) is 0 Å². The third-order valence-electron chi connectivity index (χ3n) is 3.71. The molecule has 0 N–H and O–H groups in total. The van der Waals surface area contributed by atoms with Gasteiger partial charge in [0.1, 0.15) is 6.29 Å². The molecule has 1 aliphatic rings. The average molecular weight is 351 g/mol. The summed E-state index contributed by atoms with van der Waals surface area (Å²) < 4.78 is 0.994. The van der Waals surface area contributed by atoms with Crippen LogP contribution in [0.15, 0.2) is 77.3 Å². The van der Waals surface area contributed by atoms with E-state index < -0.39 is 0 Å². The number of hydrogen-bond acceptors (Lipinski definition) is 1. The van der Waals surface area contributed by atoms with E-state index in [-0.39, 0.29) is 0 Å². The number of hydrogen-bond donors (Lipinski definition) is 0. The maximum absolute atomic E-state index is 10.1. The molecule has 0 saturated heterocycles. The van der Waals surface area contributed by atoms with Gasteiger partial charge in [0.2, 0.25) is 0 Å². The molecule has 0 saturated carbocycles. The van der Waals surface area contributed by atoms with Crippen LogP contribution in [-0.4, -0.2) is 6.29 Å². The molecule has 0 aliphatic heterocycles. The Morgan fingerprint density at radius 3 is 1.73 bits per heavy atom. The summed E-state index contributed by atoms with van der Waals surface area (Å²) in [6.45, 7) is 0. The number of aldehydes is 1. The van der Waals surface area contributed by atoms with E-state index in [0.29, 0.717) is 5.56 Å². The number of carbonyl (C=O) groups is 1. The van der Waals surface area contributed by atoms with Gasteiger partial charge in [0.05, 0.1) is 0 Å². The molecule has 1 nitrogen and oxygen atoms in total. The summed E-state index contributed by atoms with van der Waals surface area (Å²) in [5.74, 6) is 0. The molecule has 0 heterocycles. The summed E-state index contributed by atoms with van der Waals surface area (Å²) in [4.78, 5) is 10.1. The van der Waals surface area contributed by atoms with Crippen LogP contribution in [0, 0.1) is 0 Å². The maximum atomic E-state index is 10.1. The van der Waals surface area contributed by atoms with Crippen LogP contribution in [0.5, 0.6) is 0 Å². The highest BCUT2D eigenvalue weighted by Crippen LogP contribution is 2.35. The van der Waals surface area contributed by atoms with E-state index in [2.05, 4.69) is 64.5 Å². The van der Waals surface area contributed by atoms with Crippen LogP contribution in [0.25, 0.3) is 11.1 Å². The first-order valence-corrected chi connectivity index (χ1v) is 7.94. The summed E-state index contributed by atoms with van der Waals surface area (Å²) in [6, 6.07) is 24.5. The fourth-order valence-corrected chi connectivity index (χ4v) is 2.89. The quantitative estimate of drug-likeness (QED) is 0.413. The second kappa shape index (κ2) is 6.71. The van der Waals surface area contributed by atoms with Crippen molar-refractivity contribution in [2.75, 3.05) is 0 Å². The molecule has 3 aromatic rings. The van der Waals surface area contributed by atoms with E-state index in [4.69, 9.17) is 0 Å². The van der Waals surface area contributed by atoms with Gasteiger partial charge in [-0.2, -0.15) is 0 Å². The zero-order chi connectivity index (χ0) is 15.4. The lowest BCUT2D eigenvalue weighted by atomic mass is 10.1. The van der Waals surface area contributed by atoms with Crippen LogP contribution in [-0.2, 0) is 6.42 Å². The minimum atomic E-state index is 0.707. The summed E-state index contributed by atoms with van der Waals surface area (Å²) in [5.41, 5.74) is 6.46. The van der Waals surface area contributed by atoms with Crippen molar-refractivity contribution in [1.29, 1.82) is 0 Å². The third kappa shape index (κ3) is 3.18. The third-order valence-corrected chi connectivity index (χ3v) is 4.24. The van der Waals surface area contributed by atoms with Crippen molar-refractivity contribution < 1.29 is 4.79 Å². The Labute approximate surface area is 138 Å². The van der Waals surface area contributed by atoms with E-state index in [9.17, 15) is 4.79 Å². The van der Waals surface area contributed by atoms with Crippen molar-refractivity contribution >= 4 is 22.2 Å². The summed E-state index contributed by atoms with van der Waals surface area (Å²) >= 11 is 3.26. The molecule has 1 aliphatic carbocycles. The largest absolute Gasteiger partial charge is 0.298 e. The molecular formula is C20H15BrO. The predicted molar refractivity (Wildman–Crippen MR) is 94.2 cm³/mol. The Morgan fingerprint density at radius 2 is 1.23 bits per heavy atom. The molecule has 22 heavy (non-hydrogen) atoms. The van der Waals surface area contributed by atoms with Gasteiger partial charge < -0.3 is 0 Å². The standard InChI is InChI=1S/C13H10.C7H5BrO/c1-3-7-12-10(5-1)9-11-6-2-4-8-13(11)12;8-7-3-1-6(5-9)2-4-7/h1-8H,9H2;1-5H. The van der Waals surface area contributed by atoms with Gasteiger partial charge in [-0.05, 0) is 40.8 Å². The predicted octanol–water partition coefficient (Wildman–Crippen LogP) is 5.52. The van der Waals surface area contributed by atoms with Crippen LogP contribution < -0.4 is 0 Å². The molecule has 0 spiro atoms. The molecule has 108 valence electrons. The Hall–Kier alpha value is -2.19. The lowest BCUT2D eigenvalue weighted by molar-refractivity contribution is 0.112. The number of halogens is 1. The molecule has 4 rings (SSSR count). The van der Waals surface area contributed by atoms with Crippen LogP contribution >= 0.6 is 15.9 Å². The highest BCUT2D eigenvalue weighted by molar-refractivity contribution is 9.10. The van der Waals surface area contributed by atoms with Gasteiger partial charge in [0, 0.05) is 10.0 Å². The second-order valence-corrected chi connectivity index (χ2v) is 6.08. The normalized spacial score (nSPS) is 11.0. The Balaban J connectivity index is 0.000000142. The fourth-order valence-electron chi connectivity index (χ4n) is 2.62. The molecule has 0 atom stereocenters. The lowest BCUT2D eigenvalue weighted by Gasteiger charge is -1.98. The van der Waals surface area contributed by atoms with Gasteiger partial charge in [-0.15, -0.1) is 0 Å². The number of carbonyl (C=O) groups excluding carboxylic acids is 1. The zero-order valence-electron chi connectivity index (χ0n) is 12.0. The Morgan fingerprint density at radius 1 is 0.727 bits per heavy atom. The van der Waals surface area contributed by atoms with Crippen LogP contribution in [0.1, 0.15) is 21.5 Å². The fraction of sp³-hybridized carbons (Fsp3) is 0.0500. The number of benzene rings is 3. The first-order chi connectivity index (χ1) is 10.8. The van der Waals surface area contributed by atoms with Gasteiger partial charge in [0.25, 0.3) is 0 Å². The molecule has 2 heteroatoms. The van der Waals surface area contributed by atoms with Gasteiger partial charge >= 0.3 is 0 Å². The molecule has 0 unspecified atom stereocenters. The van der Waals surface area contributed by atoms with Crippen molar-refractivity contribution in [3.8, 4) is 11.1 Å². The smallest absolute Gasteiger partial charge is 0.150 e. The first-order valence-electron chi connectivity index (χ1n) is 7.15. The summed E-state index contributed by atoms with van der Waals surface area (Å²) in [5, 5.41) is 0. The van der Waals surface area contributed by atoms with Crippen LogP contribution in [0.4, 0.5) is 0 Å². The minimum absolute atomic E-state index is 0.707. The maximum Gasteiger partial charge on any atom is 0.150 e. The monoisotopic (exact) mass is 350 g/mol. The average Bonchev–Trinajstić information content (AvgIpc) is 2.95. The molecule has 0 amide bonds. The molecule has 0 radical (unpaired) electrons. The SMILES string of the molecule is O=Cc1ccc(Br)cc1.c1ccc2c(c1)Cc1ccccc1-2. The molecule has 0 fully saturated rings. The Kier molecular flexibility index (Phi) is 4.50. The van der Waals surface area contributed by atoms with Gasteiger partial charge in [-0.3, -0.25) is 4.79 Å². The molecular weight excluding hydrogens is 336 g/mol. The Bertz CT molecular complexity index is 747. The van der Waals surface area contributed by atoms with E-state index in [0.717, 1.165) is 17.2 Å². The van der Waals surface area contributed by atoms with Crippen LogP contribution in [0.3, 0.4) is 0 Å².